The standard InChI is InChI=1S/C16H20BrNOS/c1-11(8-15-6-4-12(2)20-15)18-10-13-9-14(17)5-7-16(13)19-3/h4-7,9,11,18H,8,10H2,1-3H3. The summed E-state index contributed by atoms with van der Waals surface area (Å²) in [5.74, 6) is 0.930. The highest BCUT2D eigenvalue weighted by molar-refractivity contribution is 9.10. The Hall–Kier alpha value is -0.840. The van der Waals surface area contributed by atoms with Gasteiger partial charge in [0.2, 0.25) is 0 Å². The van der Waals surface area contributed by atoms with Gasteiger partial charge < -0.3 is 10.1 Å². The van der Waals surface area contributed by atoms with Gasteiger partial charge in [-0.25, -0.2) is 0 Å². The Morgan fingerprint density at radius 3 is 2.75 bits per heavy atom. The molecule has 1 aromatic carbocycles. The first kappa shape index (κ1) is 15.5. The van der Waals surface area contributed by atoms with E-state index in [9.17, 15) is 0 Å². The van der Waals surface area contributed by atoms with Crippen molar-refractivity contribution in [2.45, 2.75) is 32.9 Å². The minimum Gasteiger partial charge on any atom is -0.496 e. The highest BCUT2D eigenvalue weighted by Gasteiger charge is 2.08. The minimum absolute atomic E-state index is 0.441. The lowest BCUT2D eigenvalue weighted by Gasteiger charge is -2.15. The first-order chi connectivity index (χ1) is 9.58. The van der Waals surface area contributed by atoms with E-state index in [1.54, 1.807) is 7.11 Å². The van der Waals surface area contributed by atoms with E-state index in [0.29, 0.717) is 6.04 Å². The molecule has 2 aromatic rings. The number of ether oxygens (including phenoxy) is 1. The summed E-state index contributed by atoms with van der Waals surface area (Å²) in [5, 5.41) is 3.56. The van der Waals surface area contributed by atoms with Crippen molar-refractivity contribution in [3.05, 3.63) is 50.1 Å². The van der Waals surface area contributed by atoms with E-state index in [4.69, 9.17) is 4.74 Å². The molecule has 1 heterocycles. The monoisotopic (exact) mass is 353 g/mol. The van der Waals surface area contributed by atoms with E-state index in [0.717, 1.165) is 23.2 Å². The van der Waals surface area contributed by atoms with Crippen LogP contribution in [-0.4, -0.2) is 13.2 Å². The topological polar surface area (TPSA) is 21.3 Å². The molecule has 4 heteroatoms. The normalized spacial score (nSPS) is 12.4. The summed E-state index contributed by atoms with van der Waals surface area (Å²) < 4.78 is 6.48. The molecule has 20 heavy (non-hydrogen) atoms. The third kappa shape index (κ3) is 4.33. The number of nitrogens with one attached hydrogen (secondary N) is 1. The molecular formula is C16H20BrNOS. The molecule has 1 unspecified atom stereocenters. The van der Waals surface area contributed by atoms with Gasteiger partial charge in [-0.15, -0.1) is 11.3 Å². The molecule has 0 fully saturated rings. The van der Waals surface area contributed by atoms with Crippen LogP contribution in [0.1, 0.15) is 22.2 Å². The maximum Gasteiger partial charge on any atom is 0.123 e. The number of rotatable bonds is 6. The van der Waals surface area contributed by atoms with Crippen LogP contribution < -0.4 is 10.1 Å². The molecule has 0 saturated heterocycles. The summed E-state index contributed by atoms with van der Waals surface area (Å²) in [6.45, 7) is 5.19. The van der Waals surface area contributed by atoms with Crippen LogP contribution >= 0.6 is 27.3 Å². The van der Waals surface area contributed by atoms with Crippen molar-refractivity contribution in [3.63, 3.8) is 0 Å². The lowest BCUT2D eigenvalue weighted by atomic mass is 10.1. The number of thiophene rings is 1. The van der Waals surface area contributed by atoms with Crippen molar-refractivity contribution in [3.8, 4) is 5.75 Å². The summed E-state index contributed by atoms with van der Waals surface area (Å²) in [7, 11) is 1.71. The number of hydrogen-bond donors (Lipinski definition) is 1. The summed E-state index contributed by atoms with van der Waals surface area (Å²) >= 11 is 5.38. The zero-order valence-electron chi connectivity index (χ0n) is 12.1. The second kappa shape index (κ2) is 7.25. The van der Waals surface area contributed by atoms with Gasteiger partial charge in [-0.2, -0.15) is 0 Å². The van der Waals surface area contributed by atoms with Gasteiger partial charge >= 0.3 is 0 Å². The van der Waals surface area contributed by atoms with Gasteiger partial charge in [0.05, 0.1) is 7.11 Å². The van der Waals surface area contributed by atoms with Crippen molar-refractivity contribution in [1.29, 1.82) is 0 Å². The zero-order chi connectivity index (χ0) is 14.5. The molecule has 2 rings (SSSR count). The first-order valence-electron chi connectivity index (χ1n) is 6.69. The number of benzene rings is 1. The average molecular weight is 354 g/mol. The lowest BCUT2D eigenvalue weighted by Crippen LogP contribution is -2.27. The van der Waals surface area contributed by atoms with E-state index in [2.05, 4.69) is 53.3 Å². The van der Waals surface area contributed by atoms with Gasteiger partial charge in [0, 0.05) is 32.4 Å². The third-order valence-corrected chi connectivity index (χ3v) is 4.70. The van der Waals surface area contributed by atoms with Crippen molar-refractivity contribution >= 4 is 27.3 Å². The van der Waals surface area contributed by atoms with Crippen molar-refractivity contribution in [2.75, 3.05) is 7.11 Å². The van der Waals surface area contributed by atoms with E-state index in [-0.39, 0.29) is 0 Å². The smallest absolute Gasteiger partial charge is 0.123 e. The number of methoxy groups -OCH3 is 1. The van der Waals surface area contributed by atoms with E-state index in [1.807, 2.05) is 23.5 Å². The molecule has 0 amide bonds. The van der Waals surface area contributed by atoms with E-state index < -0.39 is 0 Å². The maximum absolute atomic E-state index is 5.40. The SMILES string of the molecule is COc1ccc(Br)cc1CNC(C)Cc1ccc(C)s1. The molecule has 0 spiro atoms. The Morgan fingerprint density at radius 2 is 2.10 bits per heavy atom. The summed E-state index contributed by atoms with van der Waals surface area (Å²) in [6, 6.07) is 10.9. The molecule has 2 nitrogen and oxygen atoms in total. The van der Waals surface area contributed by atoms with Gasteiger partial charge in [-0.05, 0) is 50.6 Å². The quantitative estimate of drug-likeness (QED) is 0.822. The maximum atomic E-state index is 5.40. The fourth-order valence-electron chi connectivity index (χ4n) is 2.14. The third-order valence-electron chi connectivity index (χ3n) is 3.19. The fourth-order valence-corrected chi connectivity index (χ4v) is 3.57. The van der Waals surface area contributed by atoms with E-state index in [1.165, 1.54) is 15.3 Å². The van der Waals surface area contributed by atoms with Gasteiger partial charge in [0.25, 0.3) is 0 Å². The number of halogens is 1. The summed E-state index contributed by atoms with van der Waals surface area (Å²) in [4.78, 5) is 2.81. The molecule has 108 valence electrons. The van der Waals surface area contributed by atoms with Crippen LogP contribution in [0, 0.1) is 6.92 Å². The minimum atomic E-state index is 0.441. The van der Waals surface area contributed by atoms with Crippen LogP contribution in [0.25, 0.3) is 0 Å². The average Bonchev–Trinajstić information content (AvgIpc) is 2.82. The van der Waals surface area contributed by atoms with Crippen LogP contribution in [0.5, 0.6) is 5.75 Å². The first-order valence-corrected chi connectivity index (χ1v) is 8.30. The van der Waals surface area contributed by atoms with Crippen LogP contribution in [0.4, 0.5) is 0 Å². The summed E-state index contributed by atoms with van der Waals surface area (Å²) in [6.07, 6.45) is 1.06. The number of aryl methyl sites for hydroxylation is 1. The van der Waals surface area contributed by atoms with Gasteiger partial charge in [-0.1, -0.05) is 15.9 Å². The Balaban J connectivity index is 1.92. The zero-order valence-corrected chi connectivity index (χ0v) is 14.5. The Morgan fingerprint density at radius 1 is 1.30 bits per heavy atom. The molecule has 0 bridgehead atoms. The molecule has 0 saturated carbocycles. The molecule has 1 N–H and O–H groups in total. The predicted molar refractivity (Wildman–Crippen MR) is 89.8 cm³/mol. The predicted octanol–water partition coefficient (Wildman–Crippen LogP) is 4.55. The second-order valence-electron chi connectivity index (χ2n) is 4.95. The van der Waals surface area contributed by atoms with Crippen LogP contribution in [0.2, 0.25) is 0 Å². The Labute approximate surface area is 133 Å². The van der Waals surface area contributed by atoms with Crippen molar-refractivity contribution < 1.29 is 4.74 Å². The lowest BCUT2D eigenvalue weighted by molar-refractivity contribution is 0.405. The summed E-state index contributed by atoms with van der Waals surface area (Å²) in [5.41, 5.74) is 1.18. The number of hydrogen-bond acceptors (Lipinski definition) is 3. The molecule has 0 aliphatic rings. The van der Waals surface area contributed by atoms with Crippen LogP contribution in [0.15, 0.2) is 34.8 Å². The molecule has 1 aromatic heterocycles. The van der Waals surface area contributed by atoms with Gasteiger partial charge in [-0.3, -0.25) is 0 Å². The van der Waals surface area contributed by atoms with E-state index >= 15 is 0 Å². The largest absolute Gasteiger partial charge is 0.496 e. The van der Waals surface area contributed by atoms with Crippen LogP contribution in [-0.2, 0) is 13.0 Å². The van der Waals surface area contributed by atoms with Gasteiger partial charge in [0.15, 0.2) is 0 Å². The molecule has 0 radical (unpaired) electrons. The second-order valence-corrected chi connectivity index (χ2v) is 7.24. The molecule has 0 aliphatic heterocycles. The van der Waals surface area contributed by atoms with Gasteiger partial charge in [0.1, 0.15) is 5.75 Å². The highest BCUT2D eigenvalue weighted by atomic mass is 79.9. The molecule has 0 aliphatic carbocycles. The van der Waals surface area contributed by atoms with Crippen LogP contribution in [0.3, 0.4) is 0 Å². The Bertz CT molecular complexity index is 567. The fraction of sp³-hybridized carbons (Fsp3) is 0.375. The van der Waals surface area contributed by atoms with Crippen molar-refractivity contribution in [1.82, 2.24) is 5.32 Å². The highest BCUT2D eigenvalue weighted by Crippen LogP contribution is 2.23. The van der Waals surface area contributed by atoms with Crippen molar-refractivity contribution in [2.24, 2.45) is 0 Å². The molecule has 1 atom stereocenters. The Kier molecular flexibility index (Phi) is 5.64. The molecular weight excluding hydrogens is 334 g/mol.